The minimum atomic E-state index is 0.553. The zero-order valence-electron chi connectivity index (χ0n) is 10.2. The topological polar surface area (TPSA) is 60.2 Å². The van der Waals surface area contributed by atoms with E-state index in [1.54, 1.807) is 12.3 Å². The van der Waals surface area contributed by atoms with Gasteiger partial charge in [0.2, 0.25) is 0 Å². The van der Waals surface area contributed by atoms with Gasteiger partial charge >= 0.3 is 0 Å². The molecule has 0 amide bonds. The zero-order chi connectivity index (χ0) is 12.5. The second-order valence-electron chi connectivity index (χ2n) is 3.85. The number of pyridine rings is 1. The van der Waals surface area contributed by atoms with Crippen molar-refractivity contribution >= 4 is 23.1 Å². The van der Waals surface area contributed by atoms with Crippen molar-refractivity contribution in [2.45, 2.75) is 26.2 Å². The van der Waals surface area contributed by atoms with Crippen LogP contribution in [0.2, 0.25) is 5.02 Å². The van der Waals surface area contributed by atoms with Gasteiger partial charge in [0.05, 0.1) is 16.9 Å². The first kappa shape index (κ1) is 14.1. The lowest BCUT2D eigenvalue weighted by Gasteiger charge is -2.08. The molecule has 0 aliphatic heterocycles. The highest BCUT2D eigenvalue weighted by Gasteiger charge is 2.00. The summed E-state index contributed by atoms with van der Waals surface area (Å²) in [5.41, 5.74) is 6.13. The van der Waals surface area contributed by atoms with Crippen LogP contribution in [0.1, 0.15) is 26.2 Å². The van der Waals surface area contributed by atoms with E-state index >= 15 is 0 Å². The van der Waals surface area contributed by atoms with Crippen LogP contribution in [0, 0.1) is 0 Å². The van der Waals surface area contributed by atoms with E-state index in [2.05, 4.69) is 17.2 Å². The number of halogens is 1. The number of hydrogen-bond donors (Lipinski definition) is 2. The fourth-order valence-corrected chi connectivity index (χ4v) is 1.55. The van der Waals surface area contributed by atoms with Crippen LogP contribution in [-0.4, -0.2) is 24.7 Å². The lowest BCUT2D eigenvalue weighted by Crippen LogP contribution is -2.08. The highest BCUT2D eigenvalue weighted by Crippen LogP contribution is 2.20. The molecule has 0 radical (unpaired) electrons. The van der Waals surface area contributed by atoms with Crippen molar-refractivity contribution in [3.8, 4) is 0 Å². The molecule has 17 heavy (non-hydrogen) atoms. The van der Waals surface area contributed by atoms with Crippen molar-refractivity contribution in [1.29, 1.82) is 0 Å². The summed E-state index contributed by atoms with van der Waals surface area (Å²) in [6.45, 7) is 4.55. The second kappa shape index (κ2) is 8.14. The van der Waals surface area contributed by atoms with Gasteiger partial charge < -0.3 is 15.8 Å². The first-order valence-corrected chi connectivity index (χ1v) is 6.34. The molecular weight excluding hydrogens is 238 g/mol. The van der Waals surface area contributed by atoms with Gasteiger partial charge in [-0.1, -0.05) is 24.9 Å². The minimum Gasteiger partial charge on any atom is -0.397 e. The number of nitrogens with two attached hydrogens (primary N) is 1. The van der Waals surface area contributed by atoms with Crippen LogP contribution in [-0.2, 0) is 4.74 Å². The molecule has 1 heterocycles. The summed E-state index contributed by atoms with van der Waals surface area (Å²) in [5, 5.41) is 3.71. The van der Waals surface area contributed by atoms with Gasteiger partial charge in [0.1, 0.15) is 5.82 Å². The molecule has 96 valence electrons. The van der Waals surface area contributed by atoms with Crippen molar-refractivity contribution in [2.75, 3.05) is 30.8 Å². The first-order valence-electron chi connectivity index (χ1n) is 5.96. The van der Waals surface area contributed by atoms with Gasteiger partial charge in [-0.05, 0) is 18.9 Å². The summed E-state index contributed by atoms with van der Waals surface area (Å²) in [6.07, 6.45) is 4.82. The van der Waals surface area contributed by atoms with E-state index in [1.165, 1.54) is 6.42 Å². The first-order chi connectivity index (χ1) is 8.24. The molecule has 0 bridgehead atoms. The standard InChI is InChI=1S/C12H20ClN3O/c1-2-3-6-17-7-4-5-15-12-11(13)8-10(14)9-16-12/h8-9H,2-7,14H2,1H3,(H,15,16). The molecule has 0 fully saturated rings. The van der Waals surface area contributed by atoms with E-state index in [1.807, 2.05) is 0 Å². The van der Waals surface area contributed by atoms with Crippen LogP contribution in [0.5, 0.6) is 0 Å². The highest BCUT2D eigenvalue weighted by atomic mass is 35.5. The molecular formula is C12H20ClN3O. The average molecular weight is 258 g/mol. The summed E-state index contributed by atoms with van der Waals surface area (Å²) >= 11 is 5.97. The summed E-state index contributed by atoms with van der Waals surface area (Å²) in [6, 6.07) is 1.69. The molecule has 5 heteroatoms. The van der Waals surface area contributed by atoms with E-state index in [0.29, 0.717) is 16.5 Å². The second-order valence-corrected chi connectivity index (χ2v) is 4.25. The van der Waals surface area contributed by atoms with Crippen LogP contribution in [0.15, 0.2) is 12.3 Å². The maximum atomic E-state index is 5.97. The average Bonchev–Trinajstić information content (AvgIpc) is 2.30. The van der Waals surface area contributed by atoms with E-state index in [0.717, 1.165) is 32.6 Å². The molecule has 4 nitrogen and oxygen atoms in total. The van der Waals surface area contributed by atoms with Crippen molar-refractivity contribution < 1.29 is 4.74 Å². The monoisotopic (exact) mass is 257 g/mol. The van der Waals surface area contributed by atoms with Crippen LogP contribution < -0.4 is 11.1 Å². The Morgan fingerprint density at radius 1 is 1.41 bits per heavy atom. The number of nitrogen functional groups attached to an aromatic ring is 1. The summed E-state index contributed by atoms with van der Waals surface area (Å²) in [7, 11) is 0. The fraction of sp³-hybridized carbons (Fsp3) is 0.583. The largest absolute Gasteiger partial charge is 0.397 e. The predicted molar refractivity (Wildman–Crippen MR) is 72.5 cm³/mol. The van der Waals surface area contributed by atoms with E-state index in [4.69, 9.17) is 22.1 Å². The third kappa shape index (κ3) is 5.75. The molecule has 0 saturated heterocycles. The van der Waals surface area contributed by atoms with Crippen LogP contribution in [0.25, 0.3) is 0 Å². The van der Waals surface area contributed by atoms with E-state index in [-0.39, 0.29) is 0 Å². The maximum absolute atomic E-state index is 5.97. The van der Waals surface area contributed by atoms with Crippen molar-refractivity contribution in [2.24, 2.45) is 0 Å². The number of unbranched alkanes of at least 4 members (excludes halogenated alkanes) is 1. The van der Waals surface area contributed by atoms with Crippen LogP contribution in [0.4, 0.5) is 11.5 Å². The van der Waals surface area contributed by atoms with Gasteiger partial charge in [0.15, 0.2) is 0 Å². The van der Waals surface area contributed by atoms with E-state index in [9.17, 15) is 0 Å². The van der Waals surface area contributed by atoms with Gasteiger partial charge in [0.25, 0.3) is 0 Å². The third-order valence-corrected chi connectivity index (χ3v) is 2.55. The number of ether oxygens (including phenoxy) is 1. The molecule has 0 spiro atoms. The van der Waals surface area contributed by atoms with Gasteiger partial charge in [0, 0.05) is 19.8 Å². The quantitative estimate of drug-likeness (QED) is 0.703. The zero-order valence-corrected chi connectivity index (χ0v) is 11.0. The third-order valence-electron chi connectivity index (χ3n) is 2.26. The van der Waals surface area contributed by atoms with Crippen molar-refractivity contribution in [1.82, 2.24) is 4.98 Å². The van der Waals surface area contributed by atoms with Gasteiger partial charge in [-0.3, -0.25) is 0 Å². The minimum absolute atomic E-state index is 0.553. The van der Waals surface area contributed by atoms with Gasteiger partial charge in [-0.15, -0.1) is 0 Å². The normalized spacial score (nSPS) is 10.5. The Hall–Kier alpha value is -1.00. The molecule has 0 atom stereocenters. The van der Waals surface area contributed by atoms with Gasteiger partial charge in [-0.25, -0.2) is 4.98 Å². The lowest BCUT2D eigenvalue weighted by atomic mass is 10.3. The number of nitrogens with one attached hydrogen (secondary N) is 1. The van der Waals surface area contributed by atoms with Crippen molar-refractivity contribution in [3.63, 3.8) is 0 Å². The number of hydrogen-bond acceptors (Lipinski definition) is 4. The molecule has 0 aliphatic carbocycles. The van der Waals surface area contributed by atoms with Crippen LogP contribution in [0.3, 0.4) is 0 Å². The highest BCUT2D eigenvalue weighted by molar-refractivity contribution is 6.33. The smallest absolute Gasteiger partial charge is 0.144 e. The molecule has 0 unspecified atom stereocenters. The Morgan fingerprint density at radius 3 is 2.88 bits per heavy atom. The fourth-order valence-electron chi connectivity index (χ4n) is 1.31. The molecule has 1 aromatic heterocycles. The Bertz CT molecular complexity index is 334. The maximum Gasteiger partial charge on any atom is 0.144 e. The SMILES string of the molecule is CCCCOCCCNc1ncc(N)cc1Cl. The Morgan fingerprint density at radius 2 is 2.18 bits per heavy atom. The molecule has 0 aliphatic rings. The summed E-state index contributed by atoms with van der Waals surface area (Å²) in [4.78, 5) is 4.12. The molecule has 0 aromatic carbocycles. The Balaban J connectivity index is 2.14. The predicted octanol–water partition coefficient (Wildman–Crippen LogP) is 2.94. The molecule has 1 rings (SSSR count). The van der Waals surface area contributed by atoms with E-state index < -0.39 is 0 Å². The Kier molecular flexibility index (Phi) is 6.74. The molecule has 1 aromatic rings. The lowest BCUT2D eigenvalue weighted by molar-refractivity contribution is 0.131. The van der Waals surface area contributed by atoms with Gasteiger partial charge in [-0.2, -0.15) is 0 Å². The number of rotatable bonds is 8. The number of aromatic nitrogens is 1. The van der Waals surface area contributed by atoms with Crippen LogP contribution >= 0.6 is 11.6 Å². The Labute approximate surface area is 108 Å². The summed E-state index contributed by atoms with van der Waals surface area (Å²) < 4.78 is 5.45. The van der Waals surface area contributed by atoms with Crippen molar-refractivity contribution in [3.05, 3.63) is 17.3 Å². The molecule has 3 N–H and O–H groups in total. The number of nitrogens with zero attached hydrogens (tertiary/aromatic N) is 1. The molecule has 0 saturated carbocycles. The number of anilines is 2. The summed E-state index contributed by atoms with van der Waals surface area (Å²) in [5.74, 6) is 0.675.